The maximum Gasteiger partial charge on any atom is 0.306 e. The van der Waals surface area contributed by atoms with Crippen molar-refractivity contribution in [2.75, 3.05) is 47.5 Å². The summed E-state index contributed by atoms with van der Waals surface area (Å²) in [7, 11) is 5.94. The summed E-state index contributed by atoms with van der Waals surface area (Å²) >= 11 is 0. The molecule has 0 bridgehead atoms. The number of unbranched alkanes of at least 4 members (excludes halogenated alkanes) is 44. The first-order valence-corrected chi connectivity index (χ1v) is 36.9. The first kappa shape index (κ1) is 83.0. The number of carbonyl (C=O) groups is 3. The van der Waals surface area contributed by atoms with Crippen LogP contribution >= 0.6 is 0 Å². The van der Waals surface area contributed by atoms with Crippen LogP contribution < -0.4 is 5.11 Å². The number of quaternary nitrogens is 1. The molecule has 0 aromatic carbocycles. The molecule has 0 rings (SSSR count). The van der Waals surface area contributed by atoms with Crippen molar-refractivity contribution in [2.45, 2.75) is 367 Å². The van der Waals surface area contributed by atoms with Crippen LogP contribution in [0.15, 0.2) is 60.8 Å². The Labute approximate surface area is 533 Å². The molecule has 0 aromatic heterocycles. The van der Waals surface area contributed by atoms with Crippen LogP contribution in [0.25, 0.3) is 0 Å². The maximum atomic E-state index is 12.9. The summed E-state index contributed by atoms with van der Waals surface area (Å²) in [5.74, 6) is -2.27. The van der Waals surface area contributed by atoms with Gasteiger partial charge >= 0.3 is 11.9 Å². The Balaban J connectivity index is 4.01. The molecule has 0 fully saturated rings. The van der Waals surface area contributed by atoms with Crippen molar-refractivity contribution >= 4 is 17.9 Å². The lowest BCUT2D eigenvalue weighted by molar-refractivity contribution is -0.870. The van der Waals surface area contributed by atoms with Crippen molar-refractivity contribution in [1.82, 2.24) is 0 Å². The van der Waals surface area contributed by atoms with Gasteiger partial charge in [0.15, 0.2) is 12.4 Å². The van der Waals surface area contributed by atoms with Gasteiger partial charge in [0, 0.05) is 12.8 Å². The lowest BCUT2D eigenvalue weighted by Gasteiger charge is -2.26. The second-order valence-corrected chi connectivity index (χ2v) is 26.2. The van der Waals surface area contributed by atoms with Gasteiger partial charge in [-0.2, -0.15) is 0 Å². The fourth-order valence-corrected chi connectivity index (χ4v) is 10.9. The molecule has 0 radical (unpaired) electrons. The zero-order valence-electron chi connectivity index (χ0n) is 57.4. The average molecular weight is 1210 g/mol. The summed E-state index contributed by atoms with van der Waals surface area (Å²) in [5, 5.41) is 11.8. The van der Waals surface area contributed by atoms with Gasteiger partial charge in [-0.15, -0.1) is 0 Å². The third kappa shape index (κ3) is 68.5. The summed E-state index contributed by atoms with van der Waals surface area (Å²) < 4.78 is 22.8. The second-order valence-electron chi connectivity index (χ2n) is 26.2. The van der Waals surface area contributed by atoms with Gasteiger partial charge in [-0.3, -0.25) is 9.59 Å². The zero-order valence-corrected chi connectivity index (χ0v) is 57.4. The molecule has 0 N–H and O–H groups in total. The van der Waals surface area contributed by atoms with Crippen LogP contribution in [-0.4, -0.2) is 82.3 Å². The quantitative estimate of drug-likeness (QED) is 0.0195. The first-order valence-electron chi connectivity index (χ1n) is 36.9. The van der Waals surface area contributed by atoms with E-state index >= 15 is 0 Å². The number of likely N-dealkylation sites (N-methyl/N-ethyl adjacent to an activating group) is 1. The zero-order chi connectivity index (χ0) is 62.6. The summed E-state index contributed by atoms with van der Waals surface area (Å²) in [6, 6.07) is 0. The molecule has 0 saturated carbocycles. The molecule has 2 atom stereocenters. The maximum absolute atomic E-state index is 12.9. The van der Waals surface area contributed by atoms with Gasteiger partial charge in [0.1, 0.15) is 13.2 Å². The van der Waals surface area contributed by atoms with Crippen molar-refractivity contribution in [3.8, 4) is 0 Å². The van der Waals surface area contributed by atoms with Crippen LogP contribution in [0, 0.1) is 0 Å². The Morgan fingerprint density at radius 2 is 0.663 bits per heavy atom. The molecule has 0 spiro atoms. The molecule has 0 aromatic rings. The Morgan fingerprint density at radius 3 is 0.988 bits per heavy atom. The third-order valence-corrected chi connectivity index (χ3v) is 16.5. The van der Waals surface area contributed by atoms with Crippen LogP contribution in [0.3, 0.4) is 0 Å². The minimum Gasteiger partial charge on any atom is -0.545 e. The summed E-state index contributed by atoms with van der Waals surface area (Å²) in [6.45, 7) is 4.68. The standard InChI is InChI=1S/C77H141NO8/c1-6-8-10-12-14-16-18-20-22-24-26-28-30-32-33-34-35-36-37-38-39-40-41-42-44-45-47-49-51-53-55-57-59-61-63-65-67-74(79)84-71-73(72-85-77(76(81)82)83-70-69-78(3,4)5)86-75(80)68-66-64-62-60-58-56-54-52-50-48-46-43-31-29-27-25-23-21-19-17-15-13-11-9-7-2/h9,11,15,17,21,23,27,29,43,46,73,77H,6-8,10,12-14,16,18-20,22,24-26,28,30-42,44-45,47-72H2,1-5H3/b11-9-,17-15-,23-21-,29-27-,46-43-. The highest BCUT2D eigenvalue weighted by molar-refractivity contribution is 5.70. The van der Waals surface area contributed by atoms with E-state index in [-0.39, 0.29) is 32.2 Å². The van der Waals surface area contributed by atoms with Crippen LogP contribution in [-0.2, 0) is 33.3 Å². The highest BCUT2D eigenvalue weighted by Crippen LogP contribution is 2.19. The fourth-order valence-electron chi connectivity index (χ4n) is 10.9. The molecule has 9 heteroatoms. The number of carboxylic acids is 1. The van der Waals surface area contributed by atoms with Gasteiger partial charge in [-0.05, 0) is 57.8 Å². The van der Waals surface area contributed by atoms with Gasteiger partial charge in [0.2, 0.25) is 0 Å². The number of hydrogen-bond acceptors (Lipinski definition) is 8. The fraction of sp³-hybridized carbons (Fsp3) is 0.831. The molecule has 9 nitrogen and oxygen atoms in total. The third-order valence-electron chi connectivity index (χ3n) is 16.5. The summed E-state index contributed by atoms with van der Waals surface area (Å²) in [6.07, 6.45) is 86.2. The van der Waals surface area contributed by atoms with Crippen molar-refractivity contribution in [3.63, 3.8) is 0 Å². The number of esters is 2. The van der Waals surface area contributed by atoms with Crippen molar-refractivity contribution < 1.29 is 42.9 Å². The van der Waals surface area contributed by atoms with Gasteiger partial charge in [0.05, 0.1) is 40.3 Å². The predicted molar refractivity (Wildman–Crippen MR) is 366 cm³/mol. The summed E-state index contributed by atoms with van der Waals surface area (Å²) in [4.78, 5) is 37.5. The van der Waals surface area contributed by atoms with E-state index in [2.05, 4.69) is 74.6 Å². The molecule has 0 aliphatic heterocycles. The minimum atomic E-state index is -1.63. The number of carbonyl (C=O) groups excluding carboxylic acids is 3. The van der Waals surface area contributed by atoms with E-state index in [4.69, 9.17) is 18.9 Å². The first-order chi connectivity index (χ1) is 42.1. The lowest BCUT2D eigenvalue weighted by Crippen LogP contribution is -2.44. The van der Waals surface area contributed by atoms with E-state index in [9.17, 15) is 19.5 Å². The number of nitrogens with zero attached hydrogens (tertiary/aromatic N) is 1. The largest absolute Gasteiger partial charge is 0.545 e. The Kier molecular flexibility index (Phi) is 65.5. The van der Waals surface area contributed by atoms with E-state index in [1.165, 1.54) is 244 Å². The number of allylic oxidation sites excluding steroid dienone is 10. The van der Waals surface area contributed by atoms with E-state index < -0.39 is 24.3 Å². The van der Waals surface area contributed by atoms with E-state index in [0.29, 0.717) is 23.9 Å². The highest BCUT2D eigenvalue weighted by Gasteiger charge is 2.22. The van der Waals surface area contributed by atoms with E-state index in [1.807, 2.05) is 21.1 Å². The number of aliphatic carboxylic acids is 1. The molecule has 0 aliphatic rings. The molecule has 502 valence electrons. The number of hydrogen-bond donors (Lipinski definition) is 0. The number of carboxylic acid groups (broad SMARTS) is 1. The number of rotatable bonds is 69. The van der Waals surface area contributed by atoms with Crippen molar-refractivity contribution in [3.05, 3.63) is 60.8 Å². The van der Waals surface area contributed by atoms with Crippen LogP contribution in [0.2, 0.25) is 0 Å². The molecular weight excluding hydrogens is 1070 g/mol. The molecule has 0 saturated heterocycles. The van der Waals surface area contributed by atoms with Crippen molar-refractivity contribution in [1.29, 1.82) is 0 Å². The second kappa shape index (κ2) is 67.9. The predicted octanol–water partition coefficient (Wildman–Crippen LogP) is 21.8. The molecule has 0 amide bonds. The Morgan fingerprint density at radius 1 is 0.360 bits per heavy atom. The molecule has 0 aliphatic carbocycles. The van der Waals surface area contributed by atoms with Gasteiger partial charge in [-0.25, -0.2) is 0 Å². The SMILES string of the molecule is CC/C=C\C/C=C\C/C=C\C/C=C\C/C=C\CCCCCCCCCCCC(=O)OC(COC(=O)CCCCCCCCCCCCCCCCCCCCCCCCCCCCCCCCCCCCCC)COC(OCC[N+](C)(C)C)C(=O)[O-]. The summed E-state index contributed by atoms with van der Waals surface area (Å²) in [5.41, 5.74) is 0. The van der Waals surface area contributed by atoms with Crippen LogP contribution in [0.4, 0.5) is 0 Å². The topological polar surface area (TPSA) is 111 Å². The molecule has 0 heterocycles. The van der Waals surface area contributed by atoms with Gasteiger partial charge in [0.25, 0.3) is 0 Å². The highest BCUT2D eigenvalue weighted by atomic mass is 16.7. The normalized spacial score (nSPS) is 13.0. The van der Waals surface area contributed by atoms with Crippen molar-refractivity contribution in [2.24, 2.45) is 0 Å². The Hall–Kier alpha value is -3.01. The van der Waals surface area contributed by atoms with Gasteiger partial charge < -0.3 is 33.3 Å². The molecule has 86 heavy (non-hydrogen) atoms. The number of ether oxygens (including phenoxy) is 4. The monoisotopic (exact) mass is 1210 g/mol. The molecular formula is C77H141NO8. The Bertz CT molecular complexity index is 1600. The van der Waals surface area contributed by atoms with E-state index in [0.717, 1.165) is 77.0 Å². The average Bonchev–Trinajstić information content (AvgIpc) is 3.63. The smallest absolute Gasteiger partial charge is 0.306 e. The molecule has 2 unspecified atom stereocenters. The van der Waals surface area contributed by atoms with E-state index in [1.54, 1.807) is 0 Å². The lowest BCUT2D eigenvalue weighted by atomic mass is 10.0. The van der Waals surface area contributed by atoms with Crippen LogP contribution in [0.5, 0.6) is 0 Å². The van der Waals surface area contributed by atoms with Crippen LogP contribution in [0.1, 0.15) is 354 Å². The van der Waals surface area contributed by atoms with Gasteiger partial charge in [-0.1, -0.05) is 344 Å². The minimum absolute atomic E-state index is 0.146.